The van der Waals surface area contributed by atoms with Crippen molar-refractivity contribution < 1.29 is 0 Å². The second kappa shape index (κ2) is 4.50. The van der Waals surface area contributed by atoms with Crippen LogP contribution in [0, 0.1) is 0 Å². The molecule has 0 aromatic rings. The van der Waals surface area contributed by atoms with Gasteiger partial charge in [0.2, 0.25) is 0 Å². The first-order valence-electron chi connectivity index (χ1n) is 6.17. The topological polar surface area (TPSA) is 6.48 Å². The Bertz CT molecular complexity index is 215. The maximum Gasteiger partial charge on any atom is 0.0821 e. The van der Waals surface area contributed by atoms with Gasteiger partial charge in [-0.25, -0.2) is 0 Å². The van der Waals surface area contributed by atoms with Crippen molar-refractivity contribution in [2.75, 3.05) is 19.6 Å². The fraction of sp³-hybridized carbons (Fsp3) is 1.00. The van der Waals surface area contributed by atoms with Crippen LogP contribution in [-0.4, -0.2) is 56.6 Å². The van der Waals surface area contributed by atoms with Gasteiger partial charge >= 0.3 is 0 Å². The molecule has 0 saturated carbocycles. The van der Waals surface area contributed by atoms with Crippen LogP contribution in [0.25, 0.3) is 0 Å². The molecule has 15 heavy (non-hydrogen) atoms. The highest BCUT2D eigenvalue weighted by Gasteiger charge is 2.34. The zero-order valence-corrected chi connectivity index (χ0v) is 9.78. The van der Waals surface area contributed by atoms with Crippen molar-refractivity contribution in [3.8, 4) is 0 Å². The molecule has 0 aliphatic carbocycles. The quantitative estimate of drug-likeness (QED) is 0.583. The van der Waals surface area contributed by atoms with Gasteiger partial charge in [0.15, 0.2) is 0 Å². The van der Waals surface area contributed by atoms with Crippen molar-refractivity contribution in [1.29, 1.82) is 0 Å². The van der Waals surface area contributed by atoms with Crippen molar-refractivity contribution in [2.45, 2.75) is 50.5 Å². The molecule has 80 valence electrons. The van der Waals surface area contributed by atoms with E-state index in [0.29, 0.717) is 6.17 Å². The summed E-state index contributed by atoms with van der Waals surface area (Å²) in [5.41, 5.74) is 0. The zero-order chi connectivity index (χ0) is 10.9. The lowest BCUT2D eigenvalue weighted by Crippen LogP contribution is -2.62. The molecule has 0 bridgehead atoms. The van der Waals surface area contributed by atoms with E-state index in [2.05, 4.69) is 9.80 Å². The molecule has 4 radical (unpaired) electrons. The van der Waals surface area contributed by atoms with Gasteiger partial charge < -0.3 is 0 Å². The third-order valence-corrected chi connectivity index (χ3v) is 3.65. The summed E-state index contributed by atoms with van der Waals surface area (Å²) in [5.74, 6) is 0. The van der Waals surface area contributed by atoms with Crippen LogP contribution in [0.4, 0.5) is 0 Å². The first-order valence-corrected chi connectivity index (χ1v) is 6.17. The lowest BCUT2D eigenvalue weighted by Gasteiger charge is -2.50. The van der Waals surface area contributed by atoms with Gasteiger partial charge in [0, 0.05) is 6.54 Å². The first kappa shape index (κ1) is 11.5. The first-order chi connectivity index (χ1) is 7.09. The fourth-order valence-corrected chi connectivity index (χ4v) is 2.92. The maximum absolute atomic E-state index is 6.05. The third-order valence-electron chi connectivity index (χ3n) is 3.65. The molecule has 2 rings (SSSR count). The van der Waals surface area contributed by atoms with Gasteiger partial charge in [0.1, 0.15) is 0 Å². The Hall–Kier alpha value is 0.0499. The van der Waals surface area contributed by atoms with Crippen molar-refractivity contribution in [3.63, 3.8) is 0 Å². The monoisotopic (exact) mass is 202 g/mol. The van der Waals surface area contributed by atoms with Crippen molar-refractivity contribution in [1.82, 2.24) is 9.80 Å². The molecular weight excluding hydrogens is 182 g/mol. The Morgan fingerprint density at radius 2 is 1.73 bits per heavy atom. The summed E-state index contributed by atoms with van der Waals surface area (Å²) in [6.45, 7) is 5.40. The summed E-state index contributed by atoms with van der Waals surface area (Å²) in [6, 6.07) is 0. The molecule has 0 spiro atoms. The molecule has 4 heteroatoms. The Balaban J connectivity index is 2.10. The van der Waals surface area contributed by atoms with Gasteiger partial charge in [-0.15, -0.1) is 0 Å². The fourth-order valence-electron chi connectivity index (χ4n) is 2.92. The molecule has 0 amide bonds. The van der Waals surface area contributed by atoms with Gasteiger partial charge in [-0.3, -0.25) is 9.80 Å². The van der Waals surface area contributed by atoms with E-state index >= 15 is 0 Å². The standard InChI is InChI=1S/C11H20B2N2/c1-11(12,13)15-9-5-8-14-7-4-2-3-6-10(14)15/h10H,2-9H2,1H3. The van der Waals surface area contributed by atoms with Crippen LogP contribution in [0.2, 0.25) is 0 Å². The number of hydrogen-bond acceptors (Lipinski definition) is 2. The van der Waals surface area contributed by atoms with E-state index in [0.717, 1.165) is 6.54 Å². The average Bonchev–Trinajstić information content (AvgIpc) is 2.39. The summed E-state index contributed by atoms with van der Waals surface area (Å²) in [4.78, 5) is 4.84. The average molecular weight is 202 g/mol. The number of nitrogens with zero attached hydrogens (tertiary/aromatic N) is 2. The van der Waals surface area contributed by atoms with Gasteiger partial charge in [0.05, 0.1) is 21.9 Å². The molecule has 0 aromatic carbocycles. The smallest absolute Gasteiger partial charge is 0.0821 e. The van der Waals surface area contributed by atoms with Gasteiger partial charge in [-0.05, 0) is 32.4 Å². The lowest BCUT2D eigenvalue weighted by molar-refractivity contribution is -0.0108. The van der Waals surface area contributed by atoms with Crippen molar-refractivity contribution in [3.05, 3.63) is 0 Å². The van der Waals surface area contributed by atoms with E-state index in [9.17, 15) is 0 Å². The minimum atomic E-state index is -0.659. The minimum absolute atomic E-state index is 0.487. The van der Waals surface area contributed by atoms with Gasteiger partial charge in [-0.1, -0.05) is 25.1 Å². The predicted molar refractivity (Wildman–Crippen MR) is 65.1 cm³/mol. The molecule has 1 unspecified atom stereocenters. The molecule has 2 saturated heterocycles. The summed E-state index contributed by atoms with van der Waals surface area (Å²) >= 11 is 0. The molecule has 2 aliphatic heterocycles. The molecule has 1 atom stereocenters. The van der Waals surface area contributed by atoms with Gasteiger partial charge in [-0.2, -0.15) is 0 Å². The minimum Gasteiger partial charge on any atom is -0.299 e. The highest BCUT2D eigenvalue weighted by molar-refractivity contribution is 6.39. The van der Waals surface area contributed by atoms with Crippen LogP contribution in [0.15, 0.2) is 0 Å². The van der Waals surface area contributed by atoms with E-state index in [1.165, 1.54) is 45.2 Å². The molecule has 0 aromatic heterocycles. The van der Waals surface area contributed by atoms with Crippen LogP contribution in [0.3, 0.4) is 0 Å². The van der Waals surface area contributed by atoms with E-state index in [-0.39, 0.29) is 0 Å². The summed E-state index contributed by atoms with van der Waals surface area (Å²) < 4.78 is 0. The lowest BCUT2D eigenvalue weighted by atomic mass is 9.61. The number of rotatable bonds is 1. The highest BCUT2D eigenvalue weighted by Crippen LogP contribution is 2.27. The predicted octanol–water partition coefficient (Wildman–Crippen LogP) is 0.905. The maximum atomic E-state index is 6.05. The van der Waals surface area contributed by atoms with Gasteiger partial charge in [0.25, 0.3) is 0 Å². The largest absolute Gasteiger partial charge is 0.299 e. The van der Waals surface area contributed by atoms with E-state index < -0.39 is 5.34 Å². The third kappa shape index (κ3) is 2.59. The molecule has 0 N–H and O–H groups in total. The van der Waals surface area contributed by atoms with Crippen LogP contribution in [0.1, 0.15) is 39.0 Å². The summed E-state index contributed by atoms with van der Waals surface area (Å²) in [7, 11) is 12.1. The van der Waals surface area contributed by atoms with Crippen LogP contribution >= 0.6 is 0 Å². The second-order valence-electron chi connectivity index (χ2n) is 5.14. The van der Waals surface area contributed by atoms with Crippen LogP contribution in [0.5, 0.6) is 0 Å². The van der Waals surface area contributed by atoms with E-state index in [4.69, 9.17) is 15.7 Å². The van der Waals surface area contributed by atoms with Crippen molar-refractivity contribution >= 4 is 15.7 Å². The summed E-state index contributed by atoms with van der Waals surface area (Å²) in [5, 5.41) is -0.659. The number of hydrogen-bond donors (Lipinski definition) is 0. The SMILES string of the molecule is [B]C([B])(C)N1CCCN2CCCCCC21. The molecular formula is C11H20B2N2. The Morgan fingerprint density at radius 3 is 2.47 bits per heavy atom. The Morgan fingerprint density at radius 1 is 1.00 bits per heavy atom. The van der Waals surface area contributed by atoms with Crippen LogP contribution < -0.4 is 0 Å². The molecule has 2 fully saturated rings. The Kier molecular flexibility index (Phi) is 3.46. The normalized spacial score (nSPS) is 30.9. The second-order valence-corrected chi connectivity index (χ2v) is 5.14. The van der Waals surface area contributed by atoms with E-state index in [1.54, 1.807) is 0 Å². The van der Waals surface area contributed by atoms with Crippen LogP contribution in [-0.2, 0) is 0 Å². The molecule has 2 aliphatic rings. The molecule has 2 nitrogen and oxygen atoms in total. The van der Waals surface area contributed by atoms with Crippen molar-refractivity contribution in [2.24, 2.45) is 0 Å². The summed E-state index contributed by atoms with van der Waals surface area (Å²) in [6.07, 6.45) is 6.91. The Labute approximate surface area is 96.2 Å². The highest BCUT2D eigenvalue weighted by atomic mass is 15.4. The molecule has 2 heterocycles. The van der Waals surface area contributed by atoms with E-state index in [1.807, 2.05) is 6.92 Å². The number of fused-ring (bicyclic) bond motifs is 1. The zero-order valence-electron chi connectivity index (χ0n) is 9.78.